The van der Waals surface area contributed by atoms with Gasteiger partial charge in [0.15, 0.2) is 0 Å². The van der Waals surface area contributed by atoms with Crippen molar-refractivity contribution in [3.63, 3.8) is 0 Å². The highest BCUT2D eigenvalue weighted by atomic mass is 32.2. The molecule has 1 N–H and O–H groups in total. The van der Waals surface area contributed by atoms with Crippen LogP contribution in [0.2, 0.25) is 0 Å². The smallest absolute Gasteiger partial charge is 0.341 e. The van der Waals surface area contributed by atoms with Gasteiger partial charge in [-0.1, -0.05) is 11.8 Å². The molecule has 2 aromatic rings. The number of benzene rings is 2. The van der Waals surface area contributed by atoms with E-state index in [1.54, 1.807) is 24.3 Å². The average Bonchev–Trinajstić information content (AvgIpc) is 2.54. The minimum Gasteiger partial charge on any atom is -0.496 e. The van der Waals surface area contributed by atoms with Gasteiger partial charge in [0.05, 0.1) is 19.8 Å². The number of methoxy groups -OCH3 is 2. The van der Waals surface area contributed by atoms with E-state index < -0.39 is 11.9 Å². The summed E-state index contributed by atoms with van der Waals surface area (Å²) in [5.41, 5.74) is 0.575. The molecule has 0 spiro atoms. The second kappa shape index (κ2) is 7.00. The van der Waals surface area contributed by atoms with Gasteiger partial charge in [0.2, 0.25) is 0 Å². The lowest BCUT2D eigenvalue weighted by Gasteiger charge is -2.09. The zero-order valence-electron chi connectivity index (χ0n) is 12.0. The van der Waals surface area contributed by atoms with Crippen LogP contribution in [0.5, 0.6) is 5.75 Å². The fourth-order valence-corrected chi connectivity index (χ4v) is 2.68. The molecule has 0 fully saturated rings. The van der Waals surface area contributed by atoms with Gasteiger partial charge in [-0.05, 0) is 42.5 Å². The largest absolute Gasteiger partial charge is 0.496 e. The van der Waals surface area contributed by atoms with Crippen LogP contribution in [-0.4, -0.2) is 31.3 Å². The summed E-state index contributed by atoms with van der Waals surface area (Å²) < 4.78 is 9.87. The number of carbonyl (C=O) groups excluding carboxylic acids is 1. The van der Waals surface area contributed by atoms with E-state index in [0.717, 1.165) is 9.79 Å². The van der Waals surface area contributed by atoms with E-state index in [4.69, 9.17) is 14.6 Å². The number of esters is 1. The molecule has 0 aliphatic rings. The van der Waals surface area contributed by atoms with Gasteiger partial charge >= 0.3 is 11.9 Å². The van der Waals surface area contributed by atoms with E-state index in [1.165, 1.54) is 38.1 Å². The van der Waals surface area contributed by atoms with Gasteiger partial charge in [0.25, 0.3) is 0 Å². The predicted molar refractivity (Wildman–Crippen MR) is 81.9 cm³/mol. The molecule has 0 saturated heterocycles. The molecule has 5 nitrogen and oxygen atoms in total. The lowest BCUT2D eigenvalue weighted by molar-refractivity contribution is 0.0596. The molecule has 0 aromatic heterocycles. The van der Waals surface area contributed by atoms with Crippen molar-refractivity contribution in [1.29, 1.82) is 0 Å². The van der Waals surface area contributed by atoms with Gasteiger partial charge in [0, 0.05) is 9.79 Å². The molecule has 0 atom stereocenters. The van der Waals surface area contributed by atoms with Crippen molar-refractivity contribution in [2.24, 2.45) is 0 Å². The molecular weight excluding hydrogens is 304 g/mol. The van der Waals surface area contributed by atoms with Crippen molar-refractivity contribution < 1.29 is 24.2 Å². The van der Waals surface area contributed by atoms with Crippen molar-refractivity contribution in [1.82, 2.24) is 0 Å². The molecule has 0 aliphatic carbocycles. The predicted octanol–water partition coefficient (Wildman–Crippen LogP) is 3.33. The number of carbonyl (C=O) groups is 2. The minimum absolute atomic E-state index is 0.231. The normalized spacial score (nSPS) is 10.1. The number of ether oxygens (including phenoxy) is 2. The Morgan fingerprint density at radius 3 is 2.18 bits per heavy atom. The highest BCUT2D eigenvalue weighted by Gasteiger charge is 2.14. The lowest BCUT2D eigenvalue weighted by Crippen LogP contribution is -2.04. The summed E-state index contributed by atoms with van der Waals surface area (Å²) in [4.78, 5) is 24.3. The molecule has 0 unspecified atom stereocenters. The lowest BCUT2D eigenvalue weighted by atomic mass is 10.2. The Morgan fingerprint density at radius 1 is 1.00 bits per heavy atom. The number of rotatable bonds is 5. The molecule has 0 heterocycles. The molecule has 0 aliphatic heterocycles. The molecule has 0 bridgehead atoms. The van der Waals surface area contributed by atoms with Gasteiger partial charge in [-0.15, -0.1) is 0 Å². The summed E-state index contributed by atoms with van der Waals surface area (Å²) in [6.45, 7) is 0. The van der Waals surface area contributed by atoms with Crippen LogP contribution in [-0.2, 0) is 4.74 Å². The van der Waals surface area contributed by atoms with Crippen LogP contribution in [0.15, 0.2) is 52.3 Å². The second-order valence-electron chi connectivity index (χ2n) is 4.29. The standard InChI is InChI=1S/C16H14O5S/c1-20-14-8-7-12(9-13(14)16(19)21-2)22-11-5-3-10(4-6-11)15(17)18/h3-9H,1-2H3,(H,17,18). The van der Waals surface area contributed by atoms with Crippen LogP contribution < -0.4 is 4.74 Å². The molecule has 114 valence electrons. The van der Waals surface area contributed by atoms with Gasteiger partial charge in [-0.3, -0.25) is 0 Å². The van der Waals surface area contributed by atoms with Crippen molar-refractivity contribution >= 4 is 23.7 Å². The summed E-state index contributed by atoms with van der Waals surface area (Å²) in [6.07, 6.45) is 0. The Bertz CT molecular complexity index is 694. The molecular formula is C16H14O5S. The summed E-state index contributed by atoms with van der Waals surface area (Å²) in [5, 5.41) is 8.88. The quantitative estimate of drug-likeness (QED) is 0.853. The Morgan fingerprint density at radius 2 is 1.64 bits per heavy atom. The van der Waals surface area contributed by atoms with Crippen LogP contribution >= 0.6 is 11.8 Å². The number of aromatic carboxylic acids is 1. The fraction of sp³-hybridized carbons (Fsp3) is 0.125. The first kappa shape index (κ1) is 15.9. The third kappa shape index (κ3) is 3.59. The zero-order valence-corrected chi connectivity index (χ0v) is 12.8. The average molecular weight is 318 g/mol. The first-order valence-electron chi connectivity index (χ1n) is 6.32. The Hall–Kier alpha value is -2.47. The van der Waals surface area contributed by atoms with Gasteiger partial charge in [-0.25, -0.2) is 9.59 Å². The fourth-order valence-electron chi connectivity index (χ4n) is 1.82. The minimum atomic E-state index is -0.964. The van der Waals surface area contributed by atoms with E-state index in [9.17, 15) is 9.59 Å². The van der Waals surface area contributed by atoms with Crippen LogP contribution in [0.25, 0.3) is 0 Å². The highest BCUT2D eigenvalue weighted by Crippen LogP contribution is 2.31. The Kier molecular flexibility index (Phi) is 5.06. The molecule has 2 rings (SSSR count). The summed E-state index contributed by atoms with van der Waals surface area (Å²) in [5.74, 6) is -0.994. The maximum absolute atomic E-state index is 11.7. The van der Waals surface area contributed by atoms with Crippen LogP contribution in [0.3, 0.4) is 0 Å². The van der Waals surface area contributed by atoms with Crippen LogP contribution in [0.4, 0.5) is 0 Å². The zero-order chi connectivity index (χ0) is 16.1. The first-order valence-corrected chi connectivity index (χ1v) is 7.14. The van der Waals surface area contributed by atoms with Crippen LogP contribution in [0, 0.1) is 0 Å². The van der Waals surface area contributed by atoms with Crippen molar-refractivity contribution in [2.45, 2.75) is 9.79 Å². The summed E-state index contributed by atoms with van der Waals surface area (Å²) in [7, 11) is 2.80. The summed E-state index contributed by atoms with van der Waals surface area (Å²) >= 11 is 1.41. The number of carboxylic acid groups (broad SMARTS) is 1. The maximum atomic E-state index is 11.7. The van der Waals surface area contributed by atoms with E-state index in [2.05, 4.69) is 0 Å². The third-order valence-corrected chi connectivity index (χ3v) is 3.91. The van der Waals surface area contributed by atoms with Gasteiger partial charge in [0.1, 0.15) is 11.3 Å². The SMILES string of the molecule is COC(=O)c1cc(Sc2ccc(C(=O)O)cc2)ccc1OC. The Labute approximate surface area is 131 Å². The monoisotopic (exact) mass is 318 g/mol. The van der Waals surface area contributed by atoms with Gasteiger partial charge in [-0.2, -0.15) is 0 Å². The van der Waals surface area contributed by atoms with Crippen LogP contribution in [0.1, 0.15) is 20.7 Å². The maximum Gasteiger partial charge on any atom is 0.341 e. The molecule has 6 heteroatoms. The van der Waals surface area contributed by atoms with E-state index >= 15 is 0 Å². The topological polar surface area (TPSA) is 72.8 Å². The van der Waals surface area contributed by atoms with Gasteiger partial charge < -0.3 is 14.6 Å². The number of carboxylic acids is 1. The number of hydrogen-bond acceptors (Lipinski definition) is 5. The first-order chi connectivity index (χ1) is 10.5. The second-order valence-corrected chi connectivity index (χ2v) is 5.43. The number of hydrogen-bond donors (Lipinski definition) is 1. The molecule has 2 aromatic carbocycles. The molecule has 22 heavy (non-hydrogen) atoms. The van der Waals surface area contributed by atoms with Crippen molar-refractivity contribution in [2.75, 3.05) is 14.2 Å². The third-order valence-electron chi connectivity index (χ3n) is 2.91. The molecule has 0 amide bonds. The Balaban J connectivity index is 2.26. The highest BCUT2D eigenvalue weighted by molar-refractivity contribution is 7.99. The molecule has 0 radical (unpaired) electrons. The van der Waals surface area contributed by atoms with E-state index in [0.29, 0.717) is 11.3 Å². The van der Waals surface area contributed by atoms with E-state index in [-0.39, 0.29) is 5.56 Å². The van der Waals surface area contributed by atoms with E-state index in [1.807, 2.05) is 6.07 Å². The van der Waals surface area contributed by atoms with Crippen molar-refractivity contribution in [3.05, 3.63) is 53.6 Å². The summed E-state index contributed by atoms with van der Waals surface area (Å²) in [6, 6.07) is 11.7. The van der Waals surface area contributed by atoms with Crippen molar-refractivity contribution in [3.8, 4) is 5.75 Å². The molecule has 0 saturated carbocycles.